The number of hydrogen-bond acceptors (Lipinski definition) is 4. The summed E-state index contributed by atoms with van der Waals surface area (Å²) in [7, 11) is 0.0806. The van der Waals surface area contributed by atoms with Crippen molar-refractivity contribution in [1.82, 2.24) is 10.0 Å². The van der Waals surface area contributed by atoms with Crippen molar-refractivity contribution in [3.05, 3.63) is 29.8 Å². The molecule has 0 aliphatic rings. The normalized spacial score (nSPS) is 13.2. The summed E-state index contributed by atoms with van der Waals surface area (Å²) in [6, 6.07) is 7.61. The van der Waals surface area contributed by atoms with E-state index < -0.39 is 15.3 Å². The zero-order valence-electron chi connectivity index (χ0n) is 11.6. The molecule has 1 rings (SSSR count). The molecule has 5 nitrogen and oxygen atoms in total. The topological polar surface area (TPSA) is 67.4 Å². The van der Waals surface area contributed by atoms with E-state index >= 15 is 0 Å². The molecule has 0 amide bonds. The molecule has 6 heteroatoms. The van der Waals surface area contributed by atoms with Crippen molar-refractivity contribution in [2.75, 3.05) is 27.2 Å². The van der Waals surface area contributed by atoms with Crippen LogP contribution < -0.4 is 14.8 Å². The first-order chi connectivity index (χ1) is 9.01. The Hall–Kier alpha value is -1.11. The highest BCUT2D eigenvalue weighted by molar-refractivity contribution is 7.90. The van der Waals surface area contributed by atoms with Crippen LogP contribution in [0.2, 0.25) is 0 Å². The third-order valence-electron chi connectivity index (χ3n) is 2.91. The lowest BCUT2D eigenvalue weighted by molar-refractivity contribution is 0.409. The van der Waals surface area contributed by atoms with Gasteiger partial charge < -0.3 is 10.1 Å². The molecule has 0 saturated heterocycles. The summed E-state index contributed by atoms with van der Waals surface area (Å²) in [5, 5.41) is 2.41. The molecule has 0 spiro atoms. The van der Waals surface area contributed by atoms with Crippen molar-refractivity contribution in [2.45, 2.75) is 18.6 Å². The van der Waals surface area contributed by atoms with E-state index in [0.717, 1.165) is 11.3 Å². The number of rotatable bonds is 8. The summed E-state index contributed by atoms with van der Waals surface area (Å²) >= 11 is 0. The minimum Gasteiger partial charge on any atom is -0.496 e. The summed E-state index contributed by atoms with van der Waals surface area (Å²) in [5.74, 6) is 0.782. The van der Waals surface area contributed by atoms with Gasteiger partial charge in [-0.2, -0.15) is 0 Å². The van der Waals surface area contributed by atoms with E-state index in [-0.39, 0.29) is 0 Å². The predicted octanol–water partition coefficient (Wildman–Crippen LogP) is 0.765. The lowest BCUT2D eigenvalue weighted by Crippen LogP contribution is -2.38. The highest BCUT2D eigenvalue weighted by Gasteiger charge is 2.19. The van der Waals surface area contributed by atoms with Crippen LogP contribution in [-0.2, 0) is 16.4 Å². The molecule has 2 N–H and O–H groups in total. The second kappa shape index (κ2) is 7.47. The Morgan fingerprint density at radius 2 is 2.00 bits per heavy atom. The van der Waals surface area contributed by atoms with E-state index in [1.807, 2.05) is 24.3 Å². The number of nitrogens with one attached hydrogen (secondary N) is 2. The fraction of sp³-hybridized carbons (Fsp3) is 0.538. The molecule has 1 aromatic carbocycles. The van der Waals surface area contributed by atoms with Crippen molar-refractivity contribution in [1.29, 1.82) is 0 Å². The number of ether oxygens (including phenoxy) is 1. The van der Waals surface area contributed by atoms with E-state index in [2.05, 4.69) is 10.0 Å². The molecule has 1 unspecified atom stereocenters. The maximum Gasteiger partial charge on any atom is 0.215 e. The third-order valence-corrected chi connectivity index (χ3v) is 4.74. The number of benzene rings is 1. The second-order valence-electron chi connectivity index (χ2n) is 4.37. The summed E-state index contributed by atoms with van der Waals surface area (Å²) in [5.41, 5.74) is 0.994. The minimum absolute atomic E-state index is 0.372. The Morgan fingerprint density at radius 3 is 2.63 bits per heavy atom. The Labute approximate surface area is 115 Å². The molecule has 0 bridgehead atoms. The van der Waals surface area contributed by atoms with E-state index in [9.17, 15) is 8.42 Å². The number of methoxy groups -OCH3 is 1. The van der Waals surface area contributed by atoms with E-state index in [0.29, 0.717) is 19.5 Å². The first-order valence-electron chi connectivity index (χ1n) is 6.26. The van der Waals surface area contributed by atoms with Crippen LogP contribution in [0.1, 0.15) is 12.5 Å². The molecular weight excluding hydrogens is 264 g/mol. The van der Waals surface area contributed by atoms with E-state index in [1.165, 1.54) is 0 Å². The zero-order valence-corrected chi connectivity index (χ0v) is 12.5. The molecule has 0 radical (unpaired) electrons. The van der Waals surface area contributed by atoms with Gasteiger partial charge >= 0.3 is 0 Å². The number of para-hydroxylation sites is 1. The Kier molecular flexibility index (Phi) is 6.27. The number of hydrogen-bond donors (Lipinski definition) is 2. The SMILES string of the molecule is CNCC(C)S(=O)(=O)NCCc1ccccc1OC. The molecule has 0 heterocycles. The van der Waals surface area contributed by atoms with Crippen LogP contribution in [0.15, 0.2) is 24.3 Å². The smallest absolute Gasteiger partial charge is 0.215 e. The highest BCUT2D eigenvalue weighted by Crippen LogP contribution is 2.17. The van der Waals surface area contributed by atoms with Crippen LogP contribution in [0.4, 0.5) is 0 Å². The number of sulfonamides is 1. The molecule has 0 aliphatic heterocycles. The average molecular weight is 286 g/mol. The average Bonchev–Trinajstić information content (AvgIpc) is 2.39. The molecule has 1 atom stereocenters. The van der Waals surface area contributed by atoms with Gasteiger partial charge in [-0.25, -0.2) is 13.1 Å². The van der Waals surface area contributed by atoms with Gasteiger partial charge in [0.25, 0.3) is 0 Å². The summed E-state index contributed by atoms with van der Waals surface area (Å²) in [6.45, 7) is 2.49. The largest absolute Gasteiger partial charge is 0.496 e. The molecule has 108 valence electrons. The first kappa shape index (κ1) is 15.9. The van der Waals surface area contributed by atoms with Gasteiger partial charge in [0.2, 0.25) is 10.0 Å². The molecule has 19 heavy (non-hydrogen) atoms. The quantitative estimate of drug-likeness (QED) is 0.740. The van der Waals surface area contributed by atoms with Gasteiger partial charge in [-0.1, -0.05) is 18.2 Å². The van der Waals surface area contributed by atoms with Crippen LogP contribution in [0.25, 0.3) is 0 Å². The van der Waals surface area contributed by atoms with E-state index in [4.69, 9.17) is 4.74 Å². The van der Waals surface area contributed by atoms with Gasteiger partial charge in [0.15, 0.2) is 0 Å². The zero-order chi connectivity index (χ0) is 14.3. The summed E-state index contributed by atoms with van der Waals surface area (Å²) < 4.78 is 31.6. The Morgan fingerprint density at radius 1 is 1.32 bits per heavy atom. The maximum absolute atomic E-state index is 11.9. The molecule has 0 saturated carbocycles. The monoisotopic (exact) mass is 286 g/mol. The van der Waals surface area contributed by atoms with Crippen LogP contribution >= 0.6 is 0 Å². The van der Waals surface area contributed by atoms with Gasteiger partial charge in [-0.15, -0.1) is 0 Å². The lowest BCUT2D eigenvalue weighted by atomic mass is 10.1. The van der Waals surface area contributed by atoms with Crippen LogP contribution in [0.5, 0.6) is 5.75 Å². The molecule has 0 aromatic heterocycles. The molecule has 1 aromatic rings. The standard InChI is InChI=1S/C13H22N2O3S/c1-11(10-14-2)19(16,17)15-9-8-12-6-4-5-7-13(12)18-3/h4-7,11,14-15H,8-10H2,1-3H3. The Balaban J connectivity index is 2.54. The second-order valence-corrected chi connectivity index (χ2v) is 6.55. The fourth-order valence-electron chi connectivity index (χ4n) is 1.78. The van der Waals surface area contributed by atoms with Crippen molar-refractivity contribution in [2.24, 2.45) is 0 Å². The summed E-state index contributed by atoms with van der Waals surface area (Å²) in [6.07, 6.45) is 0.607. The van der Waals surface area contributed by atoms with E-state index in [1.54, 1.807) is 21.1 Å². The van der Waals surface area contributed by atoms with Crippen molar-refractivity contribution < 1.29 is 13.2 Å². The maximum atomic E-state index is 11.9. The summed E-state index contributed by atoms with van der Waals surface area (Å²) in [4.78, 5) is 0. The third kappa shape index (κ3) is 4.81. The van der Waals surface area contributed by atoms with Crippen molar-refractivity contribution in [3.63, 3.8) is 0 Å². The van der Waals surface area contributed by atoms with Gasteiger partial charge in [0.05, 0.1) is 12.4 Å². The van der Waals surface area contributed by atoms with Gasteiger partial charge in [-0.3, -0.25) is 0 Å². The minimum atomic E-state index is -3.27. The van der Waals surface area contributed by atoms with Crippen LogP contribution in [0.3, 0.4) is 0 Å². The van der Waals surface area contributed by atoms with Crippen molar-refractivity contribution in [3.8, 4) is 5.75 Å². The predicted molar refractivity (Wildman–Crippen MR) is 77.0 cm³/mol. The molecule has 0 fully saturated rings. The highest BCUT2D eigenvalue weighted by atomic mass is 32.2. The molecule has 0 aliphatic carbocycles. The van der Waals surface area contributed by atoms with Crippen LogP contribution in [0, 0.1) is 0 Å². The van der Waals surface area contributed by atoms with Gasteiger partial charge in [0.1, 0.15) is 5.75 Å². The van der Waals surface area contributed by atoms with Gasteiger partial charge in [-0.05, 0) is 32.0 Å². The molecular formula is C13H22N2O3S. The van der Waals surface area contributed by atoms with Crippen LogP contribution in [-0.4, -0.2) is 40.9 Å². The lowest BCUT2D eigenvalue weighted by Gasteiger charge is -2.14. The first-order valence-corrected chi connectivity index (χ1v) is 7.81. The van der Waals surface area contributed by atoms with Crippen molar-refractivity contribution >= 4 is 10.0 Å². The fourth-order valence-corrected chi connectivity index (χ4v) is 2.83. The van der Waals surface area contributed by atoms with Gasteiger partial charge in [0, 0.05) is 13.1 Å². The Bertz CT molecular complexity index is 488.